The molecule has 16 heteroatoms. The van der Waals surface area contributed by atoms with E-state index in [0.29, 0.717) is 44.8 Å². The monoisotopic (exact) mass is 644 g/mol. The maximum Gasteiger partial charge on any atom is 0.500 e. The zero-order valence-corrected chi connectivity index (χ0v) is 25.8. The van der Waals surface area contributed by atoms with Gasteiger partial charge in [0.15, 0.2) is 0 Å². The van der Waals surface area contributed by atoms with Gasteiger partial charge in [-0.05, 0) is 27.2 Å². The van der Waals surface area contributed by atoms with E-state index in [9.17, 15) is 48.3 Å². The lowest BCUT2D eigenvalue weighted by Gasteiger charge is -2.38. The first kappa shape index (κ1) is 39.5. The summed E-state index contributed by atoms with van der Waals surface area (Å²) in [7, 11) is -5.35. The molecule has 0 heterocycles. The first-order valence-corrected chi connectivity index (χ1v) is 18.9. The van der Waals surface area contributed by atoms with E-state index >= 15 is 0 Å². The van der Waals surface area contributed by atoms with Crippen molar-refractivity contribution in [1.82, 2.24) is 0 Å². The molecule has 40 heavy (non-hydrogen) atoms. The van der Waals surface area contributed by atoms with Crippen molar-refractivity contribution in [3.8, 4) is 0 Å². The Bertz CT molecular complexity index is 704. The van der Waals surface area contributed by atoms with Crippen molar-refractivity contribution < 1.29 is 61.6 Å². The van der Waals surface area contributed by atoms with Gasteiger partial charge in [-0.1, -0.05) is 63.7 Å². The fourth-order valence-corrected chi connectivity index (χ4v) is 9.35. The Morgan fingerprint density at radius 3 is 1.23 bits per heavy atom. The van der Waals surface area contributed by atoms with E-state index in [-0.39, 0.29) is 0 Å². The van der Waals surface area contributed by atoms with E-state index in [1.165, 1.54) is 0 Å². The molecule has 0 rings (SSSR count). The number of alkyl halides is 11. The van der Waals surface area contributed by atoms with Crippen LogP contribution in [0.5, 0.6) is 0 Å². The molecule has 0 aliphatic heterocycles. The average molecular weight is 645 g/mol. The van der Waals surface area contributed by atoms with Crippen LogP contribution in [0.4, 0.5) is 48.3 Å². The molecule has 0 aromatic rings. The van der Waals surface area contributed by atoms with Crippen molar-refractivity contribution in [2.45, 2.75) is 133 Å². The quantitative estimate of drug-likeness (QED) is 0.0667. The van der Waals surface area contributed by atoms with Crippen LogP contribution in [0.25, 0.3) is 0 Å². The maximum absolute atomic E-state index is 14.0. The molecule has 0 aliphatic carbocycles. The third-order valence-corrected chi connectivity index (χ3v) is 13.1. The van der Waals surface area contributed by atoms with Gasteiger partial charge in [0.25, 0.3) is 0 Å². The van der Waals surface area contributed by atoms with Gasteiger partial charge in [-0.15, -0.1) is 0 Å². The standard InChI is InChI=1S/C24H43F11O3Si2/c1-6-36-40(37-7-2,38-8-3)18-15-13-11-9-10-12-14-17-39(4,5)19-16-20(25,26)21(27,28)22(29,30)23(31,32)24(33,34)35/h6-19H2,1-5H3. The molecule has 0 amide bonds. The molecule has 0 saturated heterocycles. The zero-order valence-electron chi connectivity index (χ0n) is 23.8. The fourth-order valence-electron chi connectivity index (χ4n) is 4.21. The van der Waals surface area contributed by atoms with E-state index in [2.05, 4.69) is 0 Å². The third kappa shape index (κ3) is 10.7. The van der Waals surface area contributed by atoms with Gasteiger partial charge in [0, 0.05) is 40.4 Å². The van der Waals surface area contributed by atoms with Gasteiger partial charge in [0.1, 0.15) is 0 Å². The molecule has 0 aliphatic rings. The molecular weight excluding hydrogens is 601 g/mol. The Morgan fingerprint density at radius 1 is 0.475 bits per heavy atom. The molecule has 0 bridgehead atoms. The van der Waals surface area contributed by atoms with Crippen LogP contribution in [0, 0.1) is 0 Å². The Labute approximate surface area is 231 Å². The van der Waals surface area contributed by atoms with E-state index in [0.717, 1.165) is 32.1 Å². The highest BCUT2D eigenvalue weighted by atomic mass is 28.4. The summed E-state index contributed by atoms with van der Waals surface area (Å²) in [5, 5.41) is 0. The summed E-state index contributed by atoms with van der Waals surface area (Å²) in [5.41, 5.74) is 0. The highest BCUT2D eigenvalue weighted by Gasteiger charge is 2.86. The van der Waals surface area contributed by atoms with Crippen LogP contribution in [0.3, 0.4) is 0 Å². The van der Waals surface area contributed by atoms with Crippen LogP contribution in [0.2, 0.25) is 31.2 Å². The topological polar surface area (TPSA) is 27.7 Å². The van der Waals surface area contributed by atoms with E-state index in [1.54, 1.807) is 13.1 Å². The normalized spacial score (nSPS) is 14.7. The largest absolute Gasteiger partial charge is 0.500 e. The van der Waals surface area contributed by atoms with Gasteiger partial charge in [0.2, 0.25) is 0 Å². The molecule has 0 N–H and O–H groups in total. The third-order valence-electron chi connectivity index (χ3n) is 6.65. The van der Waals surface area contributed by atoms with E-state index < -0.39 is 59.2 Å². The van der Waals surface area contributed by atoms with Gasteiger partial charge < -0.3 is 13.3 Å². The molecule has 0 spiro atoms. The van der Waals surface area contributed by atoms with Crippen molar-refractivity contribution in [1.29, 1.82) is 0 Å². The summed E-state index contributed by atoms with van der Waals surface area (Å²) in [5.74, 6) is -27.3. The highest BCUT2D eigenvalue weighted by Crippen LogP contribution is 2.58. The SMILES string of the molecule is CCO[Si](CCCCCCCCC[Si](C)(C)CCC(F)(F)C(F)(F)C(F)(F)C(F)(F)C(F)(F)F)(OCC)OCC. The second-order valence-corrected chi connectivity index (χ2v) is 18.6. The molecule has 242 valence electrons. The lowest BCUT2D eigenvalue weighted by Crippen LogP contribution is -2.66. The van der Waals surface area contributed by atoms with Crippen molar-refractivity contribution in [2.24, 2.45) is 0 Å². The van der Waals surface area contributed by atoms with Crippen molar-refractivity contribution in [3.05, 3.63) is 0 Å². The smallest absolute Gasteiger partial charge is 0.374 e. The van der Waals surface area contributed by atoms with Gasteiger partial charge in [0.05, 0.1) is 0 Å². The van der Waals surface area contributed by atoms with Gasteiger partial charge in [-0.3, -0.25) is 0 Å². The molecule has 0 aromatic heterocycles. The summed E-state index contributed by atoms with van der Waals surface area (Å²) in [6.45, 7) is 10.2. The average Bonchev–Trinajstić information content (AvgIpc) is 2.81. The van der Waals surface area contributed by atoms with Crippen LogP contribution in [-0.4, -0.2) is 66.6 Å². The summed E-state index contributed by atoms with van der Waals surface area (Å²) in [4.78, 5) is 0. The predicted molar refractivity (Wildman–Crippen MR) is 135 cm³/mol. The molecule has 0 unspecified atom stereocenters. The van der Waals surface area contributed by atoms with E-state index in [4.69, 9.17) is 13.3 Å². The summed E-state index contributed by atoms with van der Waals surface area (Å²) in [6, 6.07) is 0.440. The summed E-state index contributed by atoms with van der Waals surface area (Å²) < 4.78 is 163. The molecule has 0 fully saturated rings. The van der Waals surface area contributed by atoms with Gasteiger partial charge in [-0.2, -0.15) is 48.3 Å². The summed E-state index contributed by atoms with van der Waals surface area (Å²) >= 11 is 0. The first-order chi connectivity index (χ1) is 18.1. The summed E-state index contributed by atoms with van der Waals surface area (Å²) in [6.07, 6.45) is -3.35. The number of hydrogen-bond donors (Lipinski definition) is 0. The second-order valence-electron chi connectivity index (χ2n) is 10.5. The van der Waals surface area contributed by atoms with Crippen LogP contribution in [-0.2, 0) is 13.3 Å². The molecule has 0 saturated carbocycles. The molecule has 0 radical (unpaired) electrons. The van der Waals surface area contributed by atoms with Crippen LogP contribution in [0.1, 0.15) is 72.1 Å². The molecule has 3 nitrogen and oxygen atoms in total. The molecular formula is C24H43F11O3Si2. The predicted octanol–water partition coefficient (Wildman–Crippen LogP) is 9.97. The first-order valence-electron chi connectivity index (χ1n) is 13.6. The van der Waals surface area contributed by atoms with Gasteiger partial charge >= 0.3 is 38.7 Å². The van der Waals surface area contributed by atoms with Crippen molar-refractivity contribution in [3.63, 3.8) is 0 Å². The lowest BCUT2D eigenvalue weighted by atomic mass is 9.96. The second kappa shape index (κ2) is 15.9. The number of unbranched alkanes of at least 4 members (excludes halogenated alkanes) is 6. The van der Waals surface area contributed by atoms with Crippen molar-refractivity contribution >= 4 is 16.9 Å². The minimum absolute atomic E-state index is 0.384. The molecule has 0 atom stereocenters. The fraction of sp³-hybridized carbons (Fsp3) is 1.00. The number of halogens is 11. The van der Waals surface area contributed by atoms with Gasteiger partial charge in [-0.25, -0.2) is 0 Å². The van der Waals surface area contributed by atoms with Crippen LogP contribution in [0.15, 0.2) is 0 Å². The highest BCUT2D eigenvalue weighted by molar-refractivity contribution is 6.77. The Hall–Kier alpha value is -0.456. The van der Waals surface area contributed by atoms with Crippen LogP contribution < -0.4 is 0 Å². The zero-order chi connectivity index (χ0) is 31.5. The Balaban J connectivity index is 4.63. The minimum atomic E-state index is -7.33. The molecule has 0 aromatic carbocycles. The Kier molecular flexibility index (Phi) is 15.7. The van der Waals surface area contributed by atoms with E-state index in [1.807, 2.05) is 20.8 Å². The Morgan fingerprint density at radius 2 is 0.850 bits per heavy atom. The lowest BCUT2D eigenvalue weighted by molar-refractivity contribution is -0.422. The number of rotatable bonds is 22. The maximum atomic E-state index is 14.0. The van der Waals surface area contributed by atoms with Crippen LogP contribution >= 0.6 is 0 Å². The number of hydrogen-bond acceptors (Lipinski definition) is 3. The minimum Gasteiger partial charge on any atom is -0.374 e. The van der Waals surface area contributed by atoms with Crippen molar-refractivity contribution in [2.75, 3.05) is 19.8 Å².